The highest BCUT2D eigenvalue weighted by molar-refractivity contribution is 7.14. The van der Waals surface area contributed by atoms with Crippen molar-refractivity contribution in [3.63, 3.8) is 0 Å². The summed E-state index contributed by atoms with van der Waals surface area (Å²) in [5, 5.41) is 15.8. The van der Waals surface area contributed by atoms with E-state index in [2.05, 4.69) is 0 Å². The highest BCUT2D eigenvalue weighted by Gasteiger charge is 2.09. The second-order valence-corrected chi connectivity index (χ2v) is 5.36. The number of halogens is 1. The van der Waals surface area contributed by atoms with Gasteiger partial charge in [0.25, 0.3) is 0 Å². The summed E-state index contributed by atoms with van der Waals surface area (Å²) in [5.41, 5.74) is 2.08. The average molecular weight is 245 g/mol. The van der Waals surface area contributed by atoms with Crippen molar-refractivity contribution in [1.82, 2.24) is 0 Å². The summed E-state index contributed by atoms with van der Waals surface area (Å²) in [5.74, 6) is 0. The molecule has 2 aromatic heterocycles. The summed E-state index contributed by atoms with van der Waals surface area (Å²) >= 11 is 8.91. The van der Waals surface area contributed by atoms with Crippen molar-refractivity contribution in [2.75, 3.05) is 0 Å². The Hall–Kier alpha value is -0.350. The monoisotopic (exact) mass is 244 g/mol. The Kier molecular flexibility index (Phi) is 3.23. The van der Waals surface area contributed by atoms with Crippen molar-refractivity contribution in [2.24, 2.45) is 0 Å². The topological polar surface area (TPSA) is 20.2 Å². The molecule has 0 aliphatic rings. The molecule has 2 aromatic rings. The number of aliphatic hydroxyl groups excluding tert-OH is 1. The fourth-order valence-corrected chi connectivity index (χ4v) is 2.89. The van der Waals surface area contributed by atoms with Gasteiger partial charge in [-0.15, -0.1) is 11.3 Å². The van der Waals surface area contributed by atoms with Crippen LogP contribution < -0.4 is 0 Å². The maximum absolute atomic E-state index is 9.84. The van der Waals surface area contributed by atoms with Crippen LogP contribution in [0, 0.1) is 0 Å². The van der Waals surface area contributed by atoms with E-state index in [9.17, 15) is 5.11 Å². The van der Waals surface area contributed by atoms with Crippen molar-refractivity contribution < 1.29 is 5.11 Å². The molecule has 0 bridgehead atoms. The van der Waals surface area contributed by atoms with E-state index in [1.54, 1.807) is 11.3 Å². The van der Waals surface area contributed by atoms with Crippen LogP contribution in [0.4, 0.5) is 0 Å². The number of hydrogen-bond acceptors (Lipinski definition) is 3. The van der Waals surface area contributed by atoms with Gasteiger partial charge in [0.05, 0.1) is 10.4 Å². The predicted octanol–water partition coefficient (Wildman–Crippen LogP) is 3.74. The highest BCUT2D eigenvalue weighted by atomic mass is 35.5. The van der Waals surface area contributed by atoms with E-state index in [1.165, 1.54) is 11.3 Å². The van der Waals surface area contributed by atoms with E-state index in [0.717, 1.165) is 15.5 Å². The molecule has 0 saturated heterocycles. The van der Waals surface area contributed by atoms with Crippen LogP contribution >= 0.6 is 34.3 Å². The van der Waals surface area contributed by atoms with Gasteiger partial charge in [-0.1, -0.05) is 11.6 Å². The molecule has 0 spiro atoms. The lowest BCUT2D eigenvalue weighted by molar-refractivity contribution is 0.179. The molecular weight excluding hydrogens is 236 g/mol. The quantitative estimate of drug-likeness (QED) is 0.872. The molecule has 4 heteroatoms. The summed E-state index contributed by atoms with van der Waals surface area (Å²) in [6, 6.07) is 3.85. The van der Waals surface area contributed by atoms with Gasteiger partial charge in [-0.2, -0.15) is 11.3 Å². The van der Waals surface area contributed by atoms with Crippen LogP contribution in [0.25, 0.3) is 0 Å². The lowest BCUT2D eigenvalue weighted by Crippen LogP contribution is -1.98. The van der Waals surface area contributed by atoms with Crippen molar-refractivity contribution in [1.29, 1.82) is 0 Å². The maximum atomic E-state index is 9.84. The number of rotatable bonds is 3. The molecule has 0 radical (unpaired) electrons. The molecule has 0 aliphatic heterocycles. The third kappa shape index (κ3) is 2.36. The molecular formula is C10H9ClOS2. The molecule has 2 rings (SSSR count). The molecule has 0 aromatic carbocycles. The number of aliphatic hydroxyl groups is 1. The summed E-state index contributed by atoms with van der Waals surface area (Å²) in [6.07, 6.45) is 0.229. The van der Waals surface area contributed by atoms with E-state index < -0.39 is 6.10 Å². The molecule has 0 aliphatic carbocycles. The summed E-state index contributed by atoms with van der Waals surface area (Å²) in [7, 11) is 0. The van der Waals surface area contributed by atoms with E-state index in [1.807, 2.05) is 28.3 Å². The zero-order valence-corrected chi connectivity index (χ0v) is 9.70. The van der Waals surface area contributed by atoms with Crippen molar-refractivity contribution >= 4 is 34.3 Å². The van der Waals surface area contributed by atoms with Gasteiger partial charge < -0.3 is 5.11 Å². The van der Waals surface area contributed by atoms with Crippen LogP contribution in [0.1, 0.15) is 17.2 Å². The number of hydrogen-bond donors (Lipinski definition) is 1. The van der Waals surface area contributed by atoms with Crippen molar-refractivity contribution in [2.45, 2.75) is 12.5 Å². The molecule has 1 N–H and O–H groups in total. The van der Waals surface area contributed by atoms with Gasteiger partial charge in [0.15, 0.2) is 0 Å². The molecule has 1 unspecified atom stereocenters. The van der Waals surface area contributed by atoms with Gasteiger partial charge in [-0.3, -0.25) is 0 Å². The van der Waals surface area contributed by atoms with Crippen LogP contribution in [0.15, 0.2) is 28.3 Å². The van der Waals surface area contributed by atoms with Gasteiger partial charge in [0.1, 0.15) is 0 Å². The van der Waals surface area contributed by atoms with Gasteiger partial charge in [0, 0.05) is 6.42 Å². The second-order valence-electron chi connectivity index (χ2n) is 3.04. The Labute approximate surface area is 95.6 Å². The van der Waals surface area contributed by atoms with Crippen LogP contribution in [0.2, 0.25) is 4.34 Å². The van der Waals surface area contributed by atoms with Crippen LogP contribution in [-0.2, 0) is 6.42 Å². The third-order valence-corrected chi connectivity index (χ3v) is 3.82. The predicted molar refractivity (Wildman–Crippen MR) is 62.3 cm³/mol. The van der Waals surface area contributed by atoms with E-state index in [4.69, 9.17) is 11.6 Å². The zero-order chi connectivity index (χ0) is 9.97. The smallest absolute Gasteiger partial charge is 0.0931 e. The minimum Gasteiger partial charge on any atom is -0.388 e. The molecule has 0 saturated carbocycles. The maximum Gasteiger partial charge on any atom is 0.0931 e. The Balaban J connectivity index is 2.05. The van der Waals surface area contributed by atoms with Crippen LogP contribution in [0.5, 0.6) is 0 Å². The summed E-state index contributed by atoms with van der Waals surface area (Å²) in [4.78, 5) is 0. The van der Waals surface area contributed by atoms with Gasteiger partial charge in [-0.05, 0) is 39.4 Å². The Morgan fingerprint density at radius 1 is 1.43 bits per heavy atom. The minimum absolute atomic E-state index is 0.410. The minimum atomic E-state index is -0.410. The fourth-order valence-electron chi connectivity index (χ4n) is 1.26. The molecule has 0 fully saturated rings. The largest absolute Gasteiger partial charge is 0.388 e. The number of thiophene rings is 2. The first-order valence-corrected chi connectivity index (χ1v) is 6.39. The standard InChI is InChI=1S/C10H9ClOS2/c11-10-4-7(5-14-10)3-9(12)8-1-2-13-6-8/h1-2,4-6,9,12H,3H2. The molecule has 74 valence electrons. The Morgan fingerprint density at radius 2 is 2.29 bits per heavy atom. The SMILES string of the molecule is OC(Cc1csc(Cl)c1)c1ccsc1. The Morgan fingerprint density at radius 3 is 2.86 bits per heavy atom. The first kappa shape index (κ1) is 10.2. The van der Waals surface area contributed by atoms with E-state index in [0.29, 0.717) is 6.42 Å². The molecule has 0 amide bonds. The Bertz CT molecular complexity index is 394. The van der Waals surface area contributed by atoms with Crippen molar-refractivity contribution in [3.8, 4) is 0 Å². The first-order valence-electron chi connectivity index (χ1n) is 4.19. The van der Waals surface area contributed by atoms with Gasteiger partial charge in [0.2, 0.25) is 0 Å². The first-order chi connectivity index (χ1) is 6.75. The lowest BCUT2D eigenvalue weighted by atomic mass is 10.1. The molecule has 1 nitrogen and oxygen atoms in total. The normalized spacial score (nSPS) is 13.0. The van der Waals surface area contributed by atoms with Crippen molar-refractivity contribution in [3.05, 3.63) is 43.7 Å². The average Bonchev–Trinajstić information content (AvgIpc) is 2.75. The van der Waals surface area contributed by atoms with E-state index >= 15 is 0 Å². The summed E-state index contributed by atoms with van der Waals surface area (Å²) < 4.78 is 0.775. The molecule has 14 heavy (non-hydrogen) atoms. The highest BCUT2D eigenvalue weighted by Crippen LogP contribution is 2.25. The third-order valence-electron chi connectivity index (χ3n) is 1.98. The van der Waals surface area contributed by atoms with Gasteiger partial charge in [-0.25, -0.2) is 0 Å². The summed E-state index contributed by atoms with van der Waals surface area (Å²) in [6.45, 7) is 0. The van der Waals surface area contributed by atoms with E-state index in [-0.39, 0.29) is 0 Å². The van der Waals surface area contributed by atoms with Gasteiger partial charge >= 0.3 is 0 Å². The van der Waals surface area contributed by atoms with Crippen LogP contribution in [0.3, 0.4) is 0 Å². The second kappa shape index (κ2) is 4.45. The fraction of sp³-hybridized carbons (Fsp3) is 0.200. The lowest BCUT2D eigenvalue weighted by Gasteiger charge is -2.06. The molecule has 1 atom stereocenters. The zero-order valence-electron chi connectivity index (χ0n) is 7.31. The van der Waals surface area contributed by atoms with Crippen LogP contribution in [-0.4, -0.2) is 5.11 Å². The molecule has 2 heterocycles.